The van der Waals surface area contributed by atoms with E-state index in [-0.39, 0.29) is 6.17 Å². The van der Waals surface area contributed by atoms with Crippen molar-refractivity contribution in [1.82, 2.24) is 5.32 Å². The van der Waals surface area contributed by atoms with Crippen LogP contribution in [0.15, 0.2) is 183 Å². The van der Waals surface area contributed by atoms with Crippen molar-refractivity contribution < 1.29 is 8.83 Å². The van der Waals surface area contributed by atoms with Gasteiger partial charge in [0.2, 0.25) is 0 Å². The second-order valence-corrected chi connectivity index (χ2v) is 13.4. The summed E-state index contributed by atoms with van der Waals surface area (Å²) in [6.45, 7) is 0. The Hall–Kier alpha value is -6.98. The van der Waals surface area contributed by atoms with Gasteiger partial charge in [0.1, 0.15) is 34.3 Å². The summed E-state index contributed by atoms with van der Waals surface area (Å²) in [5.74, 6) is 1.43. The fourth-order valence-corrected chi connectivity index (χ4v) is 7.78. The molecule has 0 radical (unpaired) electrons. The number of amidine groups is 2. The number of benzene rings is 8. The molecule has 0 fully saturated rings. The number of hydrogen-bond donors (Lipinski definition) is 1. The molecule has 0 bridgehead atoms. The Labute approximate surface area is 298 Å². The van der Waals surface area contributed by atoms with Gasteiger partial charge in [-0.2, -0.15) is 0 Å². The van der Waals surface area contributed by atoms with Gasteiger partial charge in [0.25, 0.3) is 0 Å². The first-order valence-electron chi connectivity index (χ1n) is 17.5. The number of rotatable bonds is 4. The van der Waals surface area contributed by atoms with Crippen LogP contribution in [0, 0.1) is 0 Å². The standard InChI is InChI=1S/C47H29N3O2/c1-2-11-29(12-3-1)45-48-46(34-21-20-28-10-4-5-13-30(28)24-34)50-47(49-45)36-17-9-19-41-44(36)43-35(16-8-18-40(43)52-41)33-22-23-39-37(26-33)38-25-31-14-6-7-15-32(31)27-42(38)51-39/h1-27,45H,(H,48,49,50). The quantitative estimate of drug-likeness (QED) is 0.203. The van der Waals surface area contributed by atoms with E-state index in [0.717, 1.165) is 82.9 Å². The number of aliphatic imine (C=N–C) groups is 2. The second-order valence-electron chi connectivity index (χ2n) is 13.4. The van der Waals surface area contributed by atoms with Gasteiger partial charge in [-0.25, -0.2) is 9.98 Å². The number of hydrogen-bond acceptors (Lipinski definition) is 5. The minimum absolute atomic E-state index is 0.323. The van der Waals surface area contributed by atoms with E-state index in [1.807, 2.05) is 36.4 Å². The Morgan fingerprint density at radius 3 is 1.88 bits per heavy atom. The van der Waals surface area contributed by atoms with Gasteiger partial charge < -0.3 is 14.2 Å². The van der Waals surface area contributed by atoms with Crippen LogP contribution in [0.1, 0.15) is 22.9 Å². The molecule has 0 spiro atoms. The number of furan rings is 2. The zero-order valence-electron chi connectivity index (χ0n) is 27.9. The third-order valence-corrected chi connectivity index (χ3v) is 10.3. The van der Waals surface area contributed by atoms with E-state index in [4.69, 9.17) is 18.8 Å². The smallest absolute Gasteiger partial charge is 0.159 e. The Kier molecular flexibility index (Phi) is 6.25. The highest BCUT2D eigenvalue weighted by Gasteiger charge is 2.25. The Bertz CT molecular complexity index is 3110. The van der Waals surface area contributed by atoms with Crippen molar-refractivity contribution in [3.63, 3.8) is 0 Å². The van der Waals surface area contributed by atoms with Crippen LogP contribution in [0.5, 0.6) is 0 Å². The summed E-state index contributed by atoms with van der Waals surface area (Å²) in [5, 5.41) is 12.6. The van der Waals surface area contributed by atoms with Crippen molar-refractivity contribution in [3.8, 4) is 11.1 Å². The molecule has 1 atom stereocenters. The van der Waals surface area contributed by atoms with Gasteiger partial charge in [-0.05, 0) is 80.7 Å². The average molecular weight is 668 g/mol. The lowest BCUT2D eigenvalue weighted by Crippen LogP contribution is -2.33. The van der Waals surface area contributed by atoms with E-state index >= 15 is 0 Å². The van der Waals surface area contributed by atoms with Gasteiger partial charge in [0.05, 0.1) is 0 Å². The van der Waals surface area contributed by atoms with E-state index in [1.165, 1.54) is 16.2 Å². The molecule has 52 heavy (non-hydrogen) atoms. The Balaban J connectivity index is 1.11. The third kappa shape index (κ3) is 4.56. The fourth-order valence-electron chi connectivity index (χ4n) is 7.78. The molecule has 5 heteroatoms. The number of nitrogens with zero attached hydrogens (tertiary/aromatic N) is 2. The molecular formula is C47H29N3O2. The molecule has 1 aliphatic rings. The van der Waals surface area contributed by atoms with Crippen LogP contribution in [-0.2, 0) is 0 Å². The first-order valence-corrected chi connectivity index (χ1v) is 17.5. The first kappa shape index (κ1) is 28.8. The minimum Gasteiger partial charge on any atom is -0.456 e. The monoisotopic (exact) mass is 667 g/mol. The molecule has 0 saturated carbocycles. The van der Waals surface area contributed by atoms with Crippen molar-refractivity contribution in [1.29, 1.82) is 0 Å². The lowest BCUT2D eigenvalue weighted by atomic mass is 9.95. The normalized spacial score (nSPS) is 14.7. The Morgan fingerprint density at radius 1 is 0.442 bits per heavy atom. The van der Waals surface area contributed by atoms with Crippen LogP contribution in [0.4, 0.5) is 0 Å². The zero-order chi connectivity index (χ0) is 34.2. The predicted octanol–water partition coefficient (Wildman–Crippen LogP) is 12.0. The van der Waals surface area contributed by atoms with Crippen molar-refractivity contribution in [2.75, 3.05) is 0 Å². The van der Waals surface area contributed by atoms with Gasteiger partial charge in [-0.15, -0.1) is 0 Å². The maximum Gasteiger partial charge on any atom is 0.159 e. The van der Waals surface area contributed by atoms with Crippen molar-refractivity contribution in [2.24, 2.45) is 9.98 Å². The molecule has 0 saturated heterocycles. The molecule has 1 N–H and O–H groups in total. The van der Waals surface area contributed by atoms with Crippen LogP contribution < -0.4 is 5.32 Å². The highest BCUT2D eigenvalue weighted by molar-refractivity contribution is 6.24. The molecule has 244 valence electrons. The molecule has 3 heterocycles. The van der Waals surface area contributed by atoms with Gasteiger partial charge in [0.15, 0.2) is 5.84 Å². The Morgan fingerprint density at radius 2 is 1.08 bits per heavy atom. The molecule has 1 unspecified atom stereocenters. The lowest BCUT2D eigenvalue weighted by molar-refractivity contribution is 0.668. The number of nitrogens with one attached hydrogen (secondary N) is 1. The molecule has 2 aromatic heterocycles. The van der Waals surface area contributed by atoms with Crippen LogP contribution in [0.2, 0.25) is 0 Å². The molecule has 11 rings (SSSR count). The summed E-state index contributed by atoms with van der Waals surface area (Å²) in [7, 11) is 0. The second kappa shape index (κ2) is 11.3. The van der Waals surface area contributed by atoms with Gasteiger partial charge in [-0.1, -0.05) is 121 Å². The molecule has 8 aromatic carbocycles. The summed E-state index contributed by atoms with van der Waals surface area (Å²) in [5.41, 5.74) is 8.54. The molecule has 0 amide bonds. The molecule has 10 aromatic rings. The van der Waals surface area contributed by atoms with Crippen LogP contribution in [0.25, 0.3) is 76.5 Å². The molecule has 0 aliphatic carbocycles. The average Bonchev–Trinajstić information content (AvgIpc) is 3.77. The van der Waals surface area contributed by atoms with E-state index < -0.39 is 0 Å². The summed E-state index contributed by atoms with van der Waals surface area (Å²) in [6.07, 6.45) is -0.323. The SMILES string of the molecule is c1ccc(C2N=C(c3ccc4ccccc4c3)N=C(c3cccc4oc5cccc(-c6ccc7oc8cc9ccccc9cc8c7c6)c5c34)N2)cc1. The van der Waals surface area contributed by atoms with Crippen LogP contribution >= 0.6 is 0 Å². The minimum atomic E-state index is -0.323. The maximum atomic E-state index is 6.58. The lowest BCUT2D eigenvalue weighted by Gasteiger charge is -2.24. The zero-order valence-corrected chi connectivity index (χ0v) is 27.9. The summed E-state index contributed by atoms with van der Waals surface area (Å²) in [6, 6.07) is 56.9. The van der Waals surface area contributed by atoms with Crippen LogP contribution in [0.3, 0.4) is 0 Å². The van der Waals surface area contributed by atoms with Gasteiger partial charge >= 0.3 is 0 Å². The summed E-state index contributed by atoms with van der Waals surface area (Å²) in [4.78, 5) is 10.4. The molecule has 1 aliphatic heterocycles. The van der Waals surface area contributed by atoms with E-state index in [1.54, 1.807) is 0 Å². The summed E-state index contributed by atoms with van der Waals surface area (Å²) >= 11 is 0. The third-order valence-electron chi connectivity index (χ3n) is 10.3. The van der Waals surface area contributed by atoms with Crippen LogP contribution in [-0.4, -0.2) is 11.7 Å². The van der Waals surface area contributed by atoms with Gasteiger partial charge in [-0.3, -0.25) is 0 Å². The predicted molar refractivity (Wildman–Crippen MR) is 213 cm³/mol. The summed E-state index contributed by atoms with van der Waals surface area (Å²) < 4.78 is 12.9. The largest absolute Gasteiger partial charge is 0.456 e. The maximum absolute atomic E-state index is 6.58. The van der Waals surface area contributed by atoms with Crippen molar-refractivity contribution in [3.05, 3.63) is 180 Å². The fraction of sp³-hybridized carbons (Fsp3) is 0.0213. The molecular weight excluding hydrogens is 639 g/mol. The van der Waals surface area contributed by atoms with Gasteiger partial charge in [0, 0.05) is 32.7 Å². The van der Waals surface area contributed by atoms with Crippen molar-refractivity contribution in [2.45, 2.75) is 6.17 Å². The van der Waals surface area contributed by atoms with E-state index in [2.05, 4.69) is 133 Å². The highest BCUT2D eigenvalue weighted by Crippen LogP contribution is 2.41. The first-order chi connectivity index (χ1) is 25.7. The topological polar surface area (TPSA) is 63.0 Å². The number of fused-ring (bicyclic) bond motifs is 8. The van der Waals surface area contributed by atoms with E-state index in [0.29, 0.717) is 5.84 Å². The van der Waals surface area contributed by atoms with E-state index in [9.17, 15) is 0 Å². The highest BCUT2D eigenvalue weighted by atomic mass is 16.3. The molecule has 5 nitrogen and oxygen atoms in total. The van der Waals surface area contributed by atoms with Crippen molar-refractivity contribution >= 4 is 77.1 Å².